The molecule has 2 nitrogen and oxygen atoms in total. The topological polar surface area (TPSA) is 38.0 Å². The van der Waals surface area contributed by atoms with Crippen molar-refractivity contribution in [2.24, 2.45) is 5.84 Å². The average molecular weight is 258 g/mol. The van der Waals surface area contributed by atoms with Gasteiger partial charge in [-0.25, -0.2) is 9.82 Å². The van der Waals surface area contributed by atoms with Crippen LogP contribution in [0.25, 0.3) is 0 Å². The molecule has 0 bridgehead atoms. The molecular formula is C16H19FN2. The summed E-state index contributed by atoms with van der Waals surface area (Å²) in [5.74, 6) is 5.40. The van der Waals surface area contributed by atoms with Crippen LogP contribution in [0.5, 0.6) is 0 Å². The average Bonchev–Trinajstić information content (AvgIpc) is 2.33. The fraction of sp³-hybridized carbons (Fsp3) is 0.250. The Kier molecular flexibility index (Phi) is 3.98. The molecule has 0 aromatic heterocycles. The Labute approximate surface area is 113 Å². The third-order valence-corrected chi connectivity index (χ3v) is 3.21. The van der Waals surface area contributed by atoms with Crippen LogP contribution in [0.1, 0.15) is 33.9 Å². The Morgan fingerprint density at radius 1 is 0.947 bits per heavy atom. The molecule has 3 N–H and O–H groups in total. The number of nitrogens with one attached hydrogen (secondary N) is 1. The van der Waals surface area contributed by atoms with E-state index in [2.05, 4.69) is 11.5 Å². The lowest BCUT2D eigenvalue weighted by atomic mass is 9.95. The summed E-state index contributed by atoms with van der Waals surface area (Å²) in [6.07, 6.45) is 0. The van der Waals surface area contributed by atoms with Gasteiger partial charge >= 0.3 is 0 Å². The molecule has 19 heavy (non-hydrogen) atoms. The first-order valence-corrected chi connectivity index (χ1v) is 6.31. The van der Waals surface area contributed by atoms with E-state index in [4.69, 9.17) is 5.84 Å². The van der Waals surface area contributed by atoms with Crippen molar-refractivity contribution in [1.29, 1.82) is 0 Å². The number of halogens is 1. The first-order chi connectivity index (χ1) is 9.01. The number of benzene rings is 2. The third-order valence-electron chi connectivity index (χ3n) is 3.21. The maximum Gasteiger partial charge on any atom is 0.128 e. The van der Waals surface area contributed by atoms with Gasteiger partial charge in [-0.3, -0.25) is 5.84 Å². The van der Waals surface area contributed by atoms with Gasteiger partial charge in [-0.1, -0.05) is 47.0 Å². The standard InChI is InChI=1S/C16H19FN2/c1-10-4-5-15(17)14(9-10)16(19-18)13-7-11(2)6-12(3)8-13/h4-9,16,19H,18H2,1-3H3. The van der Waals surface area contributed by atoms with E-state index in [1.165, 1.54) is 6.07 Å². The highest BCUT2D eigenvalue weighted by Crippen LogP contribution is 2.26. The second-order valence-electron chi connectivity index (χ2n) is 5.05. The molecule has 0 aliphatic rings. The quantitative estimate of drug-likeness (QED) is 0.655. The molecule has 0 aliphatic heterocycles. The molecule has 1 unspecified atom stereocenters. The first kappa shape index (κ1) is 13.7. The maximum atomic E-state index is 14.0. The van der Waals surface area contributed by atoms with Crippen molar-refractivity contribution in [3.8, 4) is 0 Å². The van der Waals surface area contributed by atoms with E-state index in [9.17, 15) is 4.39 Å². The summed E-state index contributed by atoms with van der Waals surface area (Å²) in [4.78, 5) is 0. The zero-order valence-corrected chi connectivity index (χ0v) is 11.5. The first-order valence-electron chi connectivity index (χ1n) is 6.31. The highest BCUT2D eigenvalue weighted by atomic mass is 19.1. The van der Waals surface area contributed by atoms with Crippen LogP contribution in [0, 0.1) is 26.6 Å². The van der Waals surface area contributed by atoms with E-state index in [1.54, 1.807) is 6.07 Å². The molecule has 0 radical (unpaired) electrons. The molecule has 0 saturated heterocycles. The van der Waals surface area contributed by atoms with Crippen molar-refractivity contribution >= 4 is 0 Å². The summed E-state index contributed by atoms with van der Waals surface area (Å²) in [5.41, 5.74) is 7.57. The van der Waals surface area contributed by atoms with Crippen LogP contribution >= 0.6 is 0 Å². The lowest BCUT2D eigenvalue weighted by Gasteiger charge is -2.19. The van der Waals surface area contributed by atoms with Crippen LogP contribution in [-0.2, 0) is 0 Å². The molecule has 100 valence electrons. The van der Waals surface area contributed by atoms with E-state index >= 15 is 0 Å². The van der Waals surface area contributed by atoms with E-state index in [0.29, 0.717) is 5.56 Å². The molecule has 0 heterocycles. The van der Waals surface area contributed by atoms with Crippen molar-refractivity contribution in [2.75, 3.05) is 0 Å². The van der Waals surface area contributed by atoms with Gasteiger partial charge in [0.25, 0.3) is 0 Å². The highest BCUT2D eigenvalue weighted by Gasteiger charge is 2.17. The van der Waals surface area contributed by atoms with Gasteiger partial charge in [-0.2, -0.15) is 0 Å². The molecule has 1 atom stereocenters. The number of hydrogen-bond acceptors (Lipinski definition) is 2. The van der Waals surface area contributed by atoms with E-state index < -0.39 is 0 Å². The number of hydrogen-bond donors (Lipinski definition) is 2. The normalized spacial score (nSPS) is 12.5. The summed E-state index contributed by atoms with van der Waals surface area (Å²) in [6, 6.07) is 10.9. The smallest absolute Gasteiger partial charge is 0.128 e. The van der Waals surface area contributed by atoms with Gasteiger partial charge in [0.15, 0.2) is 0 Å². The van der Waals surface area contributed by atoms with Crippen LogP contribution in [0.2, 0.25) is 0 Å². The SMILES string of the molecule is Cc1cc(C)cc(C(NN)c2cc(C)ccc2F)c1. The van der Waals surface area contributed by atoms with Crippen molar-refractivity contribution in [2.45, 2.75) is 26.8 Å². The molecule has 0 amide bonds. The van der Waals surface area contributed by atoms with Crippen LogP contribution in [0.4, 0.5) is 4.39 Å². The second kappa shape index (κ2) is 5.51. The predicted octanol–water partition coefficient (Wildman–Crippen LogP) is 3.30. The van der Waals surface area contributed by atoms with E-state index in [0.717, 1.165) is 22.3 Å². The minimum atomic E-state index is -0.335. The van der Waals surface area contributed by atoms with Crippen LogP contribution in [0.15, 0.2) is 36.4 Å². The minimum absolute atomic E-state index is 0.243. The summed E-state index contributed by atoms with van der Waals surface area (Å²) >= 11 is 0. The molecule has 3 heteroatoms. The van der Waals surface area contributed by atoms with Gasteiger partial charge in [0.05, 0.1) is 6.04 Å². The molecule has 0 saturated carbocycles. The zero-order chi connectivity index (χ0) is 14.0. The fourth-order valence-electron chi connectivity index (χ4n) is 2.43. The molecular weight excluding hydrogens is 239 g/mol. The van der Waals surface area contributed by atoms with Crippen molar-refractivity contribution in [3.63, 3.8) is 0 Å². The van der Waals surface area contributed by atoms with Crippen LogP contribution in [0.3, 0.4) is 0 Å². The number of nitrogens with two attached hydrogens (primary N) is 1. The van der Waals surface area contributed by atoms with Gasteiger partial charge in [-0.05, 0) is 32.4 Å². The Morgan fingerprint density at radius 3 is 2.16 bits per heavy atom. The number of rotatable bonds is 3. The molecule has 0 spiro atoms. The van der Waals surface area contributed by atoms with Crippen molar-refractivity contribution in [3.05, 3.63) is 70.0 Å². The van der Waals surface area contributed by atoms with E-state index in [1.807, 2.05) is 39.0 Å². The summed E-state index contributed by atoms with van der Waals surface area (Å²) in [6.45, 7) is 5.99. The molecule has 0 fully saturated rings. The summed E-state index contributed by atoms with van der Waals surface area (Å²) < 4.78 is 14.0. The summed E-state index contributed by atoms with van der Waals surface area (Å²) in [7, 11) is 0. The minimum Gasteiger partial charge on any atom is -0.271 e. The third kappa shape index (κ3) is 3.00. The Hall–Kier alpha value is -1.71. The molecule has 2 aromatic rings. The summed E-state index contributed by atoms with van der Waals surface area (Å²) in [5, 5.41) is 0. The Morgan fingerprint density at radius 2 is 1.58 bits per heavy atom. The van der Waals surface area contributed by atoms with Gasteiger partial charge in [-0.15, -0.1) is 0 Å². The lowest BCUT2D eigenvalue weighted by molar-refractivity contribution is 0.559. The van der Waals surface area contributed by atoms with Gasteiger partial charge in [0, 0.05) is 5.56 Å². The fourth-order valence-corrected chi connectivity index (χ4v) is 2.43. The van der Waals surface area contributed by atoms with Crippen molar-refractivity contribution in [1.82, 2.24) is 5.43 Å². The van der Waals surface area contributed by atoms with Crippen molar-refractivity contribution < 1.29 is 4.39 Å². The Balaban J connectivity index is 2.52. The monoisotopic (exact) mass is 258 g/mol. The van der Waals surface area contributed by atoms with Gasteiger partial charge in [0.2, 0.25) is 0 Å². The zero-order valence-electron chi connectivity index (χ0n) is 11.5. The molecule has 0 aliphatic carbocycles. The van der Waals surface area contributed by atoms with E-state index in [-0.39, 0.29) is 11.9 Å². The van der Waals surface area contributed by atoms with Gasteiger partial charge in [0.1, 0.15) is 5.82 Å². The van der Waals surface area contributed by atoms with Crippen LogP contribution in [-0.4, -0.2) is 0 Å². The molecule has 2 aromatic carbocycles. The van der Waals surface area contributed by atoms with Gasteiger partial charge < -0.3 is 0 Å². The second-order valence-corrected chi connectivity index (χ2v) is 5.05. The number of aryl methyl sites for hydroxylation is 3. The number of hydrazine groups is 1. The van der Waals surface area contributed by atoms with Crippen LogP contribution < -0.4 is 11.3 Å². The Bertz CT molecular complexity index is 573. The maximum absolute atomic E-state index is 14.0. The molecule has 2 rings (SSSR count). The largest absolute Gasteiger partial charge is 0.271 e. The highest BCUT2D eigenvalue weighted by molar-refractivity contribution is 5.38. The lowest BCUT2D eigenvalue weighted by Crippen LogP contribution is -2.29. The predicted molar refractivity (Wildman–Crippen MR) is 76.2 cm³/mol.